The van der Waals surface area contributed by atoms with E-state index >= 15 is 0 Å². The van der Waals surface area contributed by atoms with Crippen molar-refractivity contribution in [2.45, 2.75) is 57.8 Å². The first-order chi connectivity index (χ1) is 36.9. The summed E-state index contributed by atoms with van der Waals surface area (Å²) in [6.45, 7) is 7.64. The number of benzene rings is 5. The van der Waals surface area contributed by atoms with Crippen LogP contribution in [0.4, 0.5) is 32.8 Å². The van der Waals surface area contributed by atoms with Crippen molar-refractivity contribution in [1.29, 1.82) is 0 Å². The fourth-order valence-electron chi connectivity index (χ4n) is 10.4. The summed E-state index contributed by atoms with van der Waals surface area (Å²) in [5.74, 6) is -0.600. The molecule has 0 spiro atoms. The lowest BCUT2D eigenvalue weighted by Gasteiger charge is -2.35. The van der Waals surface area contributed by atoms with Crippen molar-refractivity contribution in [2.75, 3.05) is 100 Å². The van der Waals surface area contributed by atoms with Gasteiger partial charge in [0.2, 0.25) is 17.7 Å². The summed E-state index contributed by atoms with van der Waals surface area (Å²) in [4.78, 5) is 78.0. The van der Waals surface area contributed by atoms with Crippen molar-refractivity contribution in [2.24, 2.45) is 5.92 Å². The second-order valence-corrected chi connectivity index (χ2v) is 20.6. The van der Waals surface area contributed by atoms with Gasteiger partial charge in [-0.05, 0) is 149 Å². The molecule has 4 aliphatic rings. The molecule has 4 fully saturated rings. The number of nitrogens with one attached hydrogen (secondary N) is 4. The van der Waals surface area contributed by atoms with Gasteiger partial charge in [0.1, 0.15) is 5.82 Å². The van der Waals surface area contributed by atoms with Crippen LogP contribution in [0, 0.1) is 11.7 Å². The molecule has 5 aromatic carbocycles. The highest BCUT2D eigenvalue weighted by atomic mass is 19.1. The fourth-order valence-corrected chi connectivity index (χ4v) is 10.4. The largest absolute Gasteiger partial charge is 0.378 e. The predicted octanol–water partition coefficient (Wildman–Crippen LogP) is 8.39. The van der Waals surface area contributed by atoms with Gasteiger partial charge < -0.3 is 40.4 Å². The maximum absolute atomic E-state index is 14.6. The molecular formula is C59H66FN11O5. The van der Waals surface area contributed by atoms with Crippen molar-refractivity contribution < 1.29 is 23.6 Å². The van der Waals surface area contributed by atoms with E-state index in [1.165, 1.54) is 31.7 Å². The Hall–Kier alpha value is -7.76. The summed E-state index contributed by atoms with van der Waals surface area (Å²) in [5, 5.41) is 19.6. The van der Waals surface area contributed by atoms with E-state index in [0.29, 0.717) is 56.5 Å². The molecule has 394 valence electrons. The number of hydrogen-bond donors (Lipinski definition) is 4. The third-order valence-corrected chi connectivity index (χ3v) is 14.9. The van der Waals surface area contributed by atoms with Gasteiger partial charge in [0.25, 0.3) is 11.5 Å². The summed E-state index contributed by atoms with van der Waals surface area (Å²) in [5.41, 5.74) is 7.11. The van der Waals surface area contributed by atoms with Crippen molar-refractivity contribution in [3.05, 3.63) is 136 Å². The number of rotatable bonds is 15. The number of H-pyrrole nitrogens is 1. The first kappa shape index (κ1) is 51.7. The molecule has 16 nitrogen and oxygen atoms in total. The highest BCUT2D eigenvalue weighted by Crippen LogP contribution is 2.36. The Labute approximate surface area is 441 Å². The fraction of sp³-hybridized carbons (Fsp3) is 0.373. The zero-order valence-electron chi connectivity index (χ0n) is 43.4. The van der Waals surface area contributed by atoms with Gasteiger partial charge >= 0.3 is 0 Å². The number of piperazine rings is 1. The summed E-state index contributed by atoms with van der Waals surface area (Å²) in [6, 6.07) is 31.7. The summed E-state index contributed by atoms with van der Waals surface area (Å²) < 4.78 is 14.6. The number of anilines is 5. The molecule has 4 N–H and O–H groups in total. The van der Waals surface area contributed by atoms with E-state index in [1.807, 2.05) is 62.6 Å². The molecule has 5 heterocycles. The molecule has 0 radical (unpaired) electrons. The molecule has 11 rings (SSSR count). The lowest BCUT2D eigenvalue weighted by molar-refractivity contribution is -0.134. The standard InChI is InChI=1S/C35H43N7O2.C24H23FN4O3/c1-40(2)28-11-7-25(8-12-28)38-35-29-13-9-26(36-33(43)15-21-41-17-3-4-18-41)23-31(29)39-32-24-27(10-14-30(32)35)37-34(44)16-22-42-19-5-6-20-42;25-20-8-5-15(14-21-17-3-1-2-4-18(17)22(30)27-26-21)13-19(20)24(32)29-11-9-28(10-12-29)23(31)16-6-7-16/h7-14,23-24H,3-6,15-22H2,1-2H3,(H,36,43)(H,37,44)(H,38,39);1-5,8,13,16H,6-7,9-12,14H2,(H,27,30). The zero-order valence-corrected chi connectivity index (χ0v) is 43.4. The van der Waals surface area contributed by atoms with Crippen LogP contribution in [-0.4, -0.2) is 138 Å². The SMILES string of the molecule is CN(C)c1ccc(Nc2c3ccc(NC(=O)CCN4CCCC4)cc3nc3cc(NC(=O)CCN4CCCC4)ccc23)cc1.O=C(c1cc(Cc2n[nH]c(=O)c3ccccc23)ccc1F)N1CCN(C(=O)C2CC2)CC1. The van der Waals surface area contributed by atoms with Crippen LogP contribution in [0.15, 0.2) is 108 Å². The normalized spacial score (nSPS) is 15.9. The maximum atomic E-state index is 14.6. The van der Waals surface area contributed by atoms with Crippen LogP contribution in [0.1, 0.15) is 73.0 Å². The Balaban J connectivity index is 0.000000182. The first-order valence-corrected chi connectivity index (χ1v) is 26.7. The van der Waals surface area contributed by atoms with Gasteiger partial charge in [0.15, 0.2) is 0 Å². The first-order valence-electron chi connectivity index (χ1n) is 26.7. The molecule has 3 saturated heterocycles. The molecule has 76 heavy (non-hydrogen) atoms. The number of amides is 4. The number of fused-ring (bicyclic) bond motifs is 3. The van der Waals surface area contributed by atoms with Crippen LogP contribution >= 0.6 is 0 Å². The van der Waals surface area contributed by atoms with Crippen LogP contribution in [0.5, 0.6) is 0 Å². The number of halogens is 1. The topological polar surface area (TPSA) is 179 Å². The van der Waals surface area contributed by atoms with Gasteiger partial charge in [0, 0.05) is 117 Å². The predicted molar refractivity (Wildman–Crippen MR) is 298 cm³/mol. The number of carbonyl (C=O) groups is 4. The van der Waals surface area contributed by atoms with Crippen molar-refractivity contribution in [3.8, 4) is 0 Å². The Morgan fingerprint density at radius 2 is 1.20 bits per heavy atom. The number of pyridine rings is 1. The minimum Gasteiger partial charge on any atom is -0.378 e. The molecule has 3 aliphatic heterocycles. The highest BCUT2D eigenvalue weighted by molar-refractivity contribution is 6.11. The third kappa shape index (κ3) is 12.5. The molecule has 17 heteroatoms. The monoisotopic (exact) mass is 1030 g/mol. The van der Waals surface area contributed by atoms with E-state index in [1.54, 1.807) is 34.1 Å². The van der Waals surface area contributed by atoms with Crippen LogP contribution in [0.2, 0.25) is 0 Å². The van der Waals surface area contributed by atoms with Crippen molar-refractivity contribution in [1.82, 2.24) is 34.8 Å². The smallest absolute Gasteiger partial charge is 0.272 e. The Morgan fingerprint density at radius 1 is 0.645 bits per heavy atom. The number of aromatic amines is 1. The Morgan fingerprint density at radius 3 is 1.76 bits per heavy atom. The van der Waals surface area contributed by atoms with Gasteiger partial charge in [-0.3, -0.25) is 24.0 Å². The van der Waals surface area contributed by atoms with Crippen LogP contribution in [-0.2, 0) is 20.8 Å². The van der Waals surface area contributed by atoms with Gasteiger partial charge in [-0.1, -0.05) is 24.3 Å². The van der Waals surface area contributed by atoms with E-state index in [-0.39, 0.29) is 40.7 Å². The van der Waals surface area contributed by atoms with Gasteiger partial charge in [0.05, 0.1) is 33.4 Å². The summed E-state index contributed by atoms with van der Waals surface area (Å²) >= 11 is 0. The number of nitrogens with zero attached hydrogens (tertiary/aromatic N) is 7. The quantitative estimate of drug-likeness (QED) is 0.0725. The van der Waals surface area contributed by atoms with Crippen LogP contribution in [0.3, 0.4) is 0 Å². The average molecular weight is 1030 g/mol. The molecule has 2 aromatic heterocycles. The number of hydrogen-bond acceptors (Lipinski definition) is 11. The van der Waals surface area contributed by atoms with Gasteiger partial charge in [-0.15, -0.1) is 0 Å². The highest BCUT2D eigenvalue weighted by Gasteiger charge is 2.35. The van der Waals surface area contributed by atoms with Crippen molar-refractivity contribution >= 4 is 84.6 Å². The number of aromatic nitrogens is 3. The van der Waals surface area contributed by atoms with Crippen LogP contribution in [0.25, 0.3) is 32.6 Å². The molecule has 1 aliphatic carbocycles. The Kier molecular flexibility index (Phi) is 15.9. The summed E-state index contributed by atoms with van der Waals surface area (Å²) in [7, 11) is 4.05. The lowest BCUT2D eigenvalue weighted by Crippen LogP contribution is -2.51. The van der Waals surface area contributed by atoms with Gasteiger partial charge in [-0.25, -0.2) is 14.5 Å². The molecular weight excluding hydrogens is 962 g/mol. The second-order valence-electron chi connectivity index (χ2n) is 20.6. The molecule has 7 aromatic rings. The molecule has 4 amide bonds. The average Bonchev–Trinajstić information content (AvgIpc) is 3.89. The van der Waals surface area contributed by atoms with E-state index in [9.17, 15) is 28.4 Å². The number of carbonyl (C=O) groups excluding carboxylic acids is 4. The third-order valence-electron chi connectivity index (χ3n) is 14.9. The minimum absolute atomic E-state index is 0.00954. The van der Waals surface area contributed by atoms with E-state index in [4.69, 9.17) is 4.98 Å². The Bertz CT molecular complexity index is 3230. The van der Waals surface area contributed by atoms with E-state index in [0.717, 1.165) is 113 Å². The molecule has 0 unspecified atom stereocenters. The zero-order chi connectivity index (χ0) is 52.7. The van der Waals surface area contributed by atoms with Crippen LogP contribution < -0.4 is 26.4 Å². The minimum atomic E-state index is -0.575. The summed E-state index contributed by atoms with van der Waals surface area (Å²) in [6.07, 6.45) is 8.06. The molecule has 0 atom stereocenters. The van der Waals surface area contributed by atoms with E-state index in [2.05, 4.69) is 65.1 Å². The van der Waals surface area contributed by atoms with Gasteiger partial charge in [-0.2, -0.15) is 5.10 Å². The van der Waals surface area contributed by atoms with E-state index < -0.39 is 5.82 Å². The molecule has 0 bridgehead atoms. The number of likely N-dealkylation sites (tertiary alicyclic amines) is 2. The lowest BCUT2D eigenvalue weighted by atomic mass is 10.0. The van der Waals surface area contributed by atoms with Crippen molar-refractivity contribution in [3.63, 3.8) is 0 Å². The second kappa shape index (κ2) is 23.4. The molecule has 1 saturated carbocycles. The maximum Gasteiger partial charge on any atom is 0.272 e.